The molecule has 8 heteroatoms. The summed E-state index contributed by atoms with van der Waals surface area (Å²) in [6.45, 7) is 3.03. The van der Waals surface area contributed by atoms with Gasteiger partial charge in [-0.2, -0.15) is 8.61 Å². The summed E-state index contributed by atoms with van der Waals surface area (Å²) in [4.78, 5) is 0.281. The van der Waals surface area contributed by atoms with Crippen LogP contribution in [0, 0.1) is 6.92 Å². The maximum atomic E-state index is 13.0. The Hall–Kier alpha value is -0.960. The Kier molecular flexibility index (Phi) is 4.53. The smallest absolute Gasteiger partial charge is 0.212 e. The van der Waals surface area contributed by atoms with E-state index in [1.165, 1.54) is 14.9 Å². The largest absolute Gasteiger partial charge is 0.243 e. The number of hydrogen-bond donors (Lipinski definition) is 0. The molecule has 0 amide bonds. The highest BCUT2D eigenvalue weighted by Gasteiger charge is 2.49. The number of piperidine rings is 1. The van der Waals surface area contributed by atoms with Crippen molar-refractivity contribution in [3.63, 3.8) is 0 Å². The van der Waals surface area contributed by atoms with Crippen LogP contribution in [0.15, 0.2) is 29.2 Å². The summed E-state index contributed by atoms with van der Waals surface area (Å²) in [7, 11) is -6.94. The van der Waals surface area contributed by atoms with Crippen LogP contribution in [-0.2, 0) is 20.0 Å². The third kappa shape index (κ3) is 3.12. The second kappa shape index (κ2) is 6.09. The van der Waals surface area contributed by atoms with Crippen molar-refractivity contribution in [1.29, 1.82) is 0 Å². The molecule has 0 radical (unpaired) electrons. The van der Waals surface area contributed by atoms with Crippen LogP contribution in [0.1, 0.15) is 31.2 Å². The van der Waals surface area contributed by atoms with Gasteiger partial charge in [-0.25, -0.2) is 16.8 Å². The van der Waals surface area contributed by atoms with E-state index in [0.717, 1.165) is 24.8 Å². The van der Waals surface area contributed by atoms with E-state index in [0.29, 0.717) is 19.5 Å². The van der Waals surface area contributed by atoms with Gasteiger partial charge in [-0.1, -0.05) is 12.1 Å². The van der Waals surface area contributed by atoms with Crippen LogP contribution < -0.4 is 0 Å². The molecule has 1 aromatic carbocycles. The first kappa shape index (κ1) is 17.8. The van der Waals surface area contributed by atoms with Crippen molar-refractivity contribution < 1.29 is 16.8 Å². The van der Waals surface area contributed by atoms with E-state index in [9.17, 15) is 16.8 Å². The highest BCUT2D eigenvalue weighted by Crippen LogP contribution is 2.40. The Morgan fingerprint density at radius 1 is 1.04 bits per heavy atom. The molecule has 0 unspecified atom stereocenters. The van der Waals surface area contributed by atoms with Crippen LogP contribution in [0.25, 0.3) is 0 Å². The summed E-state index contributed by atoms with van der Waals surface area (Å²) in [6, 6.07) is 6.87. The molecule has 0 aromatic heterocycles. The van der Waals surface area contributed by atoms with Crippen molar-refractivity contribution in [2.45, 2.75) is 43.0 Å². The van der Waals surface area contributed by atoms with Crippen molar-refractivity contribution >= 4 is 20.0 Å². The fraction of sp³-hybridized carbons (Fsp3) is 0.625. The van der Waals surface area contributed by atoms with Gasteiger partial charge < -0.3 is 0 Å². The monoisotopic (exact) mass is 372 g/mol. The van der Waals surface area contributed by atoms with Crippen LogP contribution in [0.4, 0.5) is 0 Å². The lowest BCUT2D eigenvalue weighted by atomic mass is 9.89. The number of nitrogens with zero attached hydrogens (tertiary/aromatic N) is 2. The van der Waals surface area contributed by atoms with E-state index in [1.54, 1.807) is 18.2 Å². The van der Waals surface area contributed by atoms with E-state index in [1.807, 2.05) is 13.0 Å². The van der Waals surface area contributed by atoms with Gasteiger partial charge in [0.15, 0.2) is 0 Å². The molecule has 1 spiro atoms. The average Bonchev–Trinajstić information content (AvgIpc) is 2.90. The Morgan fingerprint density at radius 2 is 1.71 bits per heavy atom. The first-order valence-electron chi connectivity index (χ1n) is 8.20. The van der Waals surface area contributed by atoms with E-state index in [2.05, 4.69) is 0 Å². The van der Waals surface area contributed by atoms with Gasteiger partial charge in [-0.05, 0) is 50.3 Å². The van der Waals surface area contributed by atoms with Gasteiger partial charge in [0.1, 0.15) is 0 Å². The molecule has 1 atom stereocenters. The first-order valence-corrected chi connectivity index (χ1v) is 11.5. The van der Waals surface area contributed by atoms with E-state index in [4.69, 9.17) is 0 Å². The summed E-state index contributed by atoms with van der Waals surface area (Å²) >= 11 is 0. The van der Waals surface area contributed by atoms with Crippen molar-refractivity contribution in [2.75, 3.05) is 25.9 Å². The van der Waals surface area contributed by atoms with Gasteiger partial charge in [0.25, 0.3) is 0 Å². The third-order valence-corrected chi connectivity index (χ3v) is 8.29. The fourth-order valence-corrected chi connectivity index (χ4v) is 7.11. The number of aryl methyl sites for hydroxylation is 1. The molecule has 1 aromatic rings. The SMILES string of the molecule is Cc1cccc(S(=O)(=O)N2CCC[C@]3(CCCN3S(C)(=O)=O)C2)c1. The molecule has 2 aliphatic rings. The Balaban J connectivity index is 1.94. The zero-order chi connectivity index (χ0) is 17.6. The van der Waals surface area contributed by atoms with Gasteiger partial charge in [-0.15, -0.1) is 0 Å². The minimum atomic E-state index is -3.61. The van der Waals surface area contributed by atoms with Crippen LogP contribution in [0.2, 0.25) is 0 Å². The molecule has 0 saturated carbocycles. The van der Waals surface area contributed by atoms with E-state index < -0.39 is 25.6 Å². The third-order valence-electron chi connectivity index (χ3n) is 5.08. The molecule has 24 heavy (non-hydrogen) atoms. The minimum Gasteiger partial charge on any atom is -0.212 e. The maximum Gasteiger partial charge on any atom is 0.243 e. The summed E-state index contributed by atoms with van der Waals surface area (Å²) in [6.07, 6.45) is 4.12. The minimum absolute atomic E-state index is 0.246. The topological polar surface area (TPSA) is 74.8 Å². The van der Waals surface area contributed by atoms with Gasteiger partial charge in [0.05, 0.1) is 11.2 Å². The molecule has 0 aliphatic carbocycles. The summed E-state index contributed by atoms with van der Waals surface area (Å²) in [5.74, 6) is 0. The van der Waals surface area contributed by atoms with E-state index in [-0.39, 0.29) is 11.4 Å². The molecule has 2 saturated heterocycles. The quantitative estimate of drug-likeness (QED) is 0.807. The fourth-order valence-electron chi connectivity index (χ4n) is 4.04. The van der Waals surface area contributed by atoms with Crippen LogP contribution in [-0.4, -0.2) is 56.9 Å². The Bertz CT molecular complexity index is 835. The predicted octanol–water partition coefficient (Wildman–Crippen LogP) is 1.57. The molecular weight excluding hydrogens is 348 g/mol. The van der Waals surface area contributed by atoms with Crippen molar-refractivity contribution in [2.24, 2.45) is 0 Å². The second-order valence-electron chi connectivity index (χ2n) is 6.92. The molecular formula is C16H24N2O4S2. The van der Waals surface area contributed by atoms with Gasteiger partial charge in [0, 0.05) is 25.2 Å². The van der Waals surface area contributed by atoms with Crippen molar-refractivity contribution in [3.8, 4) is 0 Å². The summed E-state index contributed by atoms with van der Waals surface area (Å²) in [5.41, 5.74) is 0.310. The lowest BCUT2D eigenvalue weighted by Gasteiger charge is -2.44. The number of rotatable bonds is 3. The molecule has 2 fully saturated rings. The average molecular weight is 373 g/mol. The van der Waals surface area contributed by atoms with Gasteiger partial charge in [-0.3, -0.25) is 0 Å². The number of sulfonamides is 2. The first-order chi connectivity index (χ1) is 11.2. The van der Waals surface area contributed by atoms with Crippen LogP contribution in [0.3, 0.4) is 0 Å². The zero-order valence-electron chi connectivity index (χ0n) is 14.1. The summed E-state index contributed by atoms with van der Waals surface area (Å²) < 4.78 is 53.3. The second-order valence-corrected chi connectivity index (χ2v) is 10.8. The molecule has 2 aliphatic heterocycles. The number of benzene rings is 1. The lowest BCUT2D eigenvalue weighted by molar-refractivity contribution is 0.138. The highest BCUT2D eigenvalue weighted by molar-refractivity contribution is 7.89. The Morgan fingerprint density at radius 3 is 2.33 bits per heavy atom. The number of hydrogen-bond acceptors (Lipinski definition) is 4. The molecule has 134 valence electrons. The molecule has 0 bridgehead atoms. The van der Waals surface area contributed by atoms with E-state index >= 15 is 0 Å². The highest BCUT2D eigenvalue weighted by atomic mass is 32.2. The van der Waals surface area contributed by atoms with Gasteiger partial charge >= 0.3 is 0 Å². The molecule has 6 nitrogen and oxygen atoms in total. The van der Waals surface area contributed by atoms with Crippen LogP contribution in [0.5, 0.6) is 0 Å². The van der Waals surface area contributed by atoms with Crippen LogP contribution >= 0.6 is 0 Å². The summed E-state index contributed by atoms with van der Waals surface area (Å²) in [5, 5.41) is 0. The van der Waals surface area contributed by atoms with Crippen molar-refractivity contribution in [3.05, 3.63) is 29.8 Å². The lowest BCUT2D eigenvalue weighted by Crippen LogP contribution is -2.58. The Labute approximate surface area is 144 Å². The van der Waals surface area contributed by atoms with Crippen molar-refractivity contribution in [1.82, 2.24) is 8.61 Å². The molecule has 0 N–H and O–H groups in total. The maximum absolute atomic E-state index is 13.0. The standard InChI is InChI=1S/C16H24N2O4S2/c1-14-6-3-7-15(12-14)24(21,22)17-10-4-8-16(13-17)9-5-11-18(16)23(2,19)20/h3,6-7,12H,4-5,8-11,13H2,1-2H3/t16-/m0/s1. The normalized spacial score (nSPS) is 26.9. The molecule has 2 heterocycles. The molecule has 3 rings (SSSR count). The predicted molar refractivity (Wildman–Crippen MR) is 92.7 cm³/mol. The zero-order valence-corrected chi connectivity index (χ0v) is 15.7. The van der Waals surface area contributed by atoms with Gasteiger partial charge in [0.2, 0.25) is 20.0 Å².